The largest absolute Gasteiger partial charge is 0.469 e. The van der Waals surface area contributed by atoms with Gasteiger partial charge in [-0.15, -0.1) is 0 Å². The fourth-order valence-electron chi connectivity index (χ4n) is 2.40. The first kappa shape index (κ1) is 18.2. The smallest absolute Gasteiger partial charge is 0.306 e. The van der Waals surface area contributed by atoms with Crippen LogP contribution in [0, 0.1) is 19.3 Å². The van der Waals surface area contributed by atoms with Gasteiger partial charge in [-0.05, 0) is 32.8 Å². The molecule has 1 aromatic rings. The number of esters is 1. The van der Waals surface area contributed by atoms with Crippen molar-refractivity contribution in [2.24, 2.45) is 12.5 Å². The quantitative estimate of drug-likeness (QED) is 0.811. The standard InChI is InChI=1S/C16H27N3O3/c1-10(8-13-11(2)18-19(6)12(13)3)17-15(21)16(4,5)9-14(20)22-7/h10H,8-9H2,1-7H3,(H,17,21)/t10-/m1/s1. The molecule has 0 aliphatic carbocycles. The number of aromatic nitrogens is 2. The summed E-state index contributed by atoms with van der Waals surface area (Å²) in [7, 11) is 3.24. The van der Waals surface area contributed by atoms with Gasteiger partial charge in [0.2, 0.25) is 5.91 Å². The Balaban J connectivity index is 2.70. The molecule has 0 spiro atoms. The summed E-state index contributed by atoms with van der Waals surface area (Å²) in [5.41, 5.74) is 2.45. The van der Waals surface area contributed by atoms with Crippen molar-refractivity contribution < 1.29 is 14.3 Å². The number of hydrogen-bond acceptors (Lipinski definition) is 4. The topological polar surface area (TPSA) is 73.2 Å². The fourth-order valence-corrected chi connectivity index (χ4v) is 2.40. The number of carbonyl (C=O) groups is 2. The predicted molar refractivity (Wildman–Crippen MR) is 84.4 cm³/mol. The van der Waals surface area contributed by atoms with Crippen molar-refractivity contribution >= 4 is 11.9 Å². The summed E-state index contributed by atoms with van der Waals surface area (Å²) >= 11 is 0. The molecule has 0 radical (unpaired) electrons. The maximum absolute atomic E-state index is 12.4. The number of hydrogen-bond donors (Lipinski definition) is 1. The van der Waals surface area contributed by atoms with Gasteiger partial charge in [-0.2, -0.15) is 5.10 Å². The van der Waals surface area contributed by atoms with Gasteiger partial charge >= 0.3 is 5.97 Å². The highest BCUT2D eigenvalue weighted by Gasteiger charge is 2.32. The number of rotatable bonds is 6. The number of methoxy groups -OCH3 is 1. The van der Waals surface area contributed by atoms with Crippen LogP contribution in [0.2, 0.25) is 0 Å². The molecule has 1 rings (SSSR count). The zero-order valence-corrected chi connectivity index (χ0v) is 14.6. The molecule has 1 N–H and O–H groups in total. The molecule has 1 atom stereocenters. The van der Waals surface area contributed by atoms with Crippen molar-refractivity contribution in [2.45, 2.75) is 53.5 Å². The van der Waals surface area contributed by atoms with Crippen LogP contribution < -0.4 is 5.32 Å². The monoisotopic (exact) mass is 309 g/mol. The van der Waals surface area contributed by atoms with Gasteiger partial charge in [-0.25, -0.2) is 0 Å². The number of amides is 1. The first-order valence-corrected chi connectivity index (χ1v) is 7.45. The summed E-state index contributed by atoms with van der Waals surface area (Å²) in [6.07, 6.45) is 0.776. The summed E-state index contributed by atoms with van der Waals surface area (Å²) in [5.74, 6) is -0.531. The Bertz CT molecular complexity index is 561. The molecule has 0 saturated carbocycles. The van der Waals surface area contributed by atoms with Crippen molar-refractivity contribution in [1.29, 1.82) is 0 Å². The van der Waals surface area contributed by atoms with E-state index in [4.69, 9.17) is 0 Å². The van der Waals surface area contributed by atoms with E-state index < -0.39 is 5.41 Å². The third kappa shape index (κ3) is 4.32. The molecule has 0 aliphatic rings. The van der Waals surface area contributed by atoms with E-state index in [9.17, 15) is 9.59 Å². The maximum Gasteiger partial charge on any atom is 0.306 e. The van der Waals surface area contributed by atoms with E-state index in [0.717, 1.165) is 17.0 Å². The molecule has 124 valence electrons. The number of aryl methyl sites for hydroxylation is 2. The minimum absolute atomic E-state index is 0.0361. The van der Waals surface area contributed by atoms with E-state index in [1.807, 2.05) is 32.5 Å². The summed E-state index contributed by atoms with van der Waals surface area (Å²) in [6.45, 7) is 9.43. The van der Waals surface area contributed by atoms with Crippen molar-refractivity contribution in [3.05, 3.63) is 17.0 Å². The van der Waals surface area contributed by atoms with Crippen molar-refractivity contribution in [3.8, 4) is 0 Å². The van der Waals surface area contributed by atoms with E-state index in [2.05, 4.69) is 15.2 Å². The van der Waals surface area contributed by atoms with Crippen LogP contribution in [0.25, 0.3) is 0 Å². The second kappa shape index (κ2) is 6.94. The first-order valence-electron chi connectivity index (χ1n) is 7.45. The Kier molecular flexibility index (Phi) is 5.74. The van der Waals surface area contributed by atoms with Gasteiger partial charge in [0.1, 0.15) is 0 Å². The van der Waals surface area contributed by atoms with Gasteiger partial charge in [0.15, 0.2) is 0 Å². The Morgan fingerprint density at radius 3 is 2.41 bits per heavy atom. The molecule has 0 unspecified atom stereocenters. The second-order valence-corrected chi connectivity index (χ2v) is 6.49. The van der Waals surface area contributed by atoms with Crippen LogP contribution in [0.1, 0.15) is 44.1 Å². The minimum atomic E-state index is -0.791. The lowest BCUT2D eigenvalue weighted by atomic mass is 9.88. The lowest BCUT2D eigenvalue weighted by molar-refractivity contribution is -0.147. The van der Waals surface area contributed by atoms with E-state index in [1.54, 1.807) is 13.8 Å². The zero-order chi connectivity index (χ0) is 17.1. The number of carbonyl (C=O) groups excluding carboxylic acids is 2. The molecular formula is C16H27N3O3. The summed E-state index contributed by atoms with van der Waals surface area (Å²) in [6, 6.07) is -0.0361. The molecule has 1 aromatic heterocycles. The van der Waals surface area contributed by atoms with Gasteiger partial charge < -0.3 is 10.1 Å². The highest BCUT2D eigenvalue weighted by Crippen LogP contribution is 2.22. The maximum atomic E-state index is 12.4. The Morgan fingerprint density at radius 2 is 1.95 bits per heavy atom. The van der Waals surface area contributed by atoms with Gasteiger partial charge in [0, 0.05) is 18.8 Å². The molecule has 6 heteroatoms. The van der Waals surface area contributed by atoms with Gasteiger partial charge in [-0.1, -0.05) is 13.8 Å². The second-order valence-electron chi connectivity index (χ2n) is 6.49. The van der Waals surface area contributed by atoms with Crippen molar-refractivity contribution in [1.82, 2.24) is 15.1 Å². The predicted octanol–water partition coefficient (Wildman–Crippen LogP) is 1.67. The minimum Gasteiger partial charge on any atom is -0.469 e. The summed E-state index contributed by atoms with van der Waals surface area (Å²) in [4.78, 5) is 23.7. The molecule has 0 bridgehead atoms. The van der Waals surface area contributed by atoms with E-state index in [1.165, 1.54) is 7.11 Å². The molecule has 1 amide bonds. The molecule has 0 saturated heterocycles. The molecule has 0 aromatic carbocycles. The van der Waals surface area contributed by atoms with Gasteiger partial charge in [0.05, 0.1) is 24.6 Å². The molecule has 22 heavy (non-hydrogen) atoms. The molecule has 6 nitrogen and oxygen atoms in total. The lowest BCUT2D eigenvalue weighted by Crippen LogP contribution is -2.43. The SMILES string of the molecule is COC(=O)CC(C)(C)C(=O)N[C@H](C)Cc1c(C)nn(C)c1C. The average molecular weight is 309 g/mol. The fraction of sp³-hybridized carbons (Fsp3) is 0.688. The van der Waals surface area contributed by atoms with Crippen LogP contribution in [0.4, 0.5) is 0 Å². The van der Waals surface area contributed by atoms with Gasteiger partial charge in [-0.3, -0.25) is 14.3 Å². The number of ether oxygens (including phenoxy) is 1. The van der Waals surface area contributed by atoms with E-state index in [-0.39, 0.29) is 24.3 Å². The summed E-state index contributed by atoms with van der Waals surface area (Å²) in [5, 5.41) is 7.36. The van der Waals surface area contributed by atoms with Crippen LogP contribution in [0.5, 0.6) is 0 Å². The summed E-state index contributed by atoms with van der Waals surface area (Å²) < 4.78 is 6.49. The normalized spacial score (nSPS) is 12.9. The van der Waals surface area contributed by atoms with Crippen molar-refractivity contribution in [3.63, 3.8) is 0 Å². The van der Waals surface area contributed by atoms with Gasteiger partial charge in [0.25, 0.3) is 0 Å². The number of nitrogens with one attached hydrogen (secondary N) is 1. The zero-order valence-electron chi connectivity index (χ0n) is 14.6. The van der Waals surface area contributed by atoms with E-state index in [0.29, 0.717) is 6.42 Å². The van der Waals surface area contributed by atoms with Crippen LogP contribution in [-0.2, 0) is 27.8 Å². The molecular weight excluding hydrogens is 282 g/mol. The van der Waals surface area contributed by atoms with Crippen LogP contribution in [0.15, 0.2) is 0 Å². The van der Waals surface area contributed by atoms with Crippen LogP contribution in [0.3, 0.4) is 0 Å². The third-order valence-electron chi connectivity index (χ3n) is 3.98. The Hall–Kier alpha value is -1.85. The molecule has 1 heterocycles. The van der Waals surface area contributed by atoms with Crippen LogP contribution in [-0.4, -0.2) is 34.8 Å². The molecule has 0 aliphatic heterocycles. The highest BCUT2D eigenvalue weighted by atomic mass is 16.5. The highest BCUT2D eigenvalue weighted by molar-refractivity contribution is 5.86. The van der Waals surface area contributed by atoms with E-state index >= 15 is 0 Å². The first-order chi connectivity index (χ1) is 10.1. The lowest BCUT2D eigenvalue weighted by Gasteiger charge is -2.25. The third-order valence-corrected chi connectivity index (χ3v) is 3.98. The Morgan fingerprint density at radius 1 is 1.36 bits per heavy atom. The molecule has 0 fully saturated rings. The average Bonchev–Trinajstić information content (AvgIpc) is 2.64. The Labute approximate surface area is 132 Å². The number of nitrogens with zero attached hydrogens (tertiary/aromatic N) is 2. The van der Waals surface area contributed by atoms with Crippen LogP contribution >= 0.6 is 0 Å². The van der Waals surface area contributed by atoms with Crippen molar-refractivity contribution in [2.75, 3.05) is 7.11 Å².